The van der Waals surface area contributed by atoms with E-state index in [2.05, 4.69) is 40.1 Å². The highest BCUT2D eigenvalue weighted by atomic mass is 15.3. The summed E-state index contributed by atoms with van der Waals surface area (Å²) in [4.78, 5) is 5.34. The van der Waals surface area contributed by atoms with Gasteiger partial charge in [0, 0.05) is 37.9 Å². The van der Waals surface area contributed by atoms with E-state index in [-0.39, 0.29) is 0 Å². The summed E-state index contributed by atoms with van der Waals surface area (Å²) in [5.41, 5.74) is 1.40. The molecule has 2 heteroatoms. The summed E-state index contributed by atoms with van der Waals surface area (Å²) in [5.74, 6) is 2.11. The van der Waals surface area contributed by atoms with Crippen LogP contribution in [0.15, 0.2) is 30.3 Å². The summed E-state index contributed by atoms with van der Waals surface area (Å²) >= 11 is 0. The van der Waals surface area contributed by atoms with E-state index >= 15 is 0 Å². The molecule has 2 saturated carbocycles. The summed E-state index contributed by atoms with van der Waals surface area (Å²) in [7, 11) is 0. The molecule has 3 aliphatic rings. The highest BCUT2D eigenvalue weighted by Crippen LogP contribution is 2.46. The summed E-state index contributed by atoms with van der Waals surface area (Å²) < 4.78 is 0. The summed E-state index contributed by atoms with van der Waals surface area (Å²) in [6.45, 7) is 4.95. The summed E-state index contributed by atoms with van der Waals surface area (Å²) in [6, 6.07) is 11.8. The number of piperazine rings is 1. The largest absolute Gasteiger partial charge is 0.369 e. The van der Waals surface area contributed by atoms with Crippen LogP contribution in [0.2, 0.25) is 0 Å². The first-order valence-electron chi connectivity index (χ1n) is 7.94. The summed E-state index contributed by atoms with van der Waals surface area (Å²) in [6.07, 6.45) is 6.05. The van der Waals surface area contributed by atoms with Crippen LogP contribution < -0.4 is 4.90 Å². The van der Waals surface area contributed by atoms with Crippen molar-refractivity contribution in [3.63, 3.8) is 0 Å². The third kappa shape index (κ3) is 2.16. The van der Waals surface area contributed by atoms with Crippen molar-refractivity contribution in [1.82, 2.24) is 4.90 Å². The van der Waals surface area contributed by atoms with Gasteiger partial charge in [0.25, 0.3) is 0 Å². The van der Waals surface area contributed by atoms with Crippen LogP contribution >= 0.6 is 0 Å². The minimum atomic E-state index is 0.927. The molecule has 2 bridgehead atoms. The van der Waals surface area contributed by atoms with E-state index in [0.717, 1.165) is 17.9 Å². The standard InChI is InChI=1S/C17H24N2/c1-2-4-16(5-3-1)18-8-10-19(11-9-18)17-13-14-6-7-15(17)12-14/h1-5,14-15,17H,6-13H2/t14-,15-,17-/m0/s1. The number of hydrogen-bond donors (Lipinski definition) is 0. The average molecular weight is 256 g/mol. The Balaban J connectivity index is 1.38. The molecule has 0 unspecified atom stereocenters. The van der Waals surface area contributed by atoms with E-state index in [4.69, 9.17) is 0 Å². The second kappa shape index (κ2) is 4.82. The molecule has 3 fully saturated rings. The van der Waals surface area contributed by atoms with E-state index in [1.54, 1.807) is 0 Å². The highest BCUT2D eigenvalue weighted by molar-refractivity contribution is 5.46. The molecule has 0 spiro atoms. The molecule has 0 radical (unpaired) electrons. The number of rotatable bonds is 2. The monoisotopic (exact) mass is 256 g/mol. The van der Waals surface area contributed by atoms with Gasteiger partial charge in [-0.25, -0.2) is 0 Å². The quantitative estimate of drug-likeness (QED) is 0.802. The number of benzene rings is 1. The van der Waals surface area contributed by atoms with Crippen LogP contribution in [0, 0.1) is 11.8 Å². The molecule has 1 aromatic rings. The maximum Gasteiger partial charge on any atom is 0.0367 e. The van der Waals surface area contributed by atoms with Crippen LogP contribution in [-0.4, -0.2) is 37.1 Å². The lowest BCUT2D eigenvalue weighted by atomic mass is 9.93. The van der Waals surface area contributed by atoms with Gasteiger partial charge in [0.15, 0.2) is 0 Å². The van der Waals surface area contributed by atoms with E-state index in [0.29, 0.717) is 0 Å². The number of anilines is 1. The van der Waals surface area contributed by atoms with Crippen LogP contribution in [0.1, 0.15) is 25.7 Å². The minimum absolute atomic E-state index is 0.927. The molecule has 0 N–H and O–H groups in total. The van der Waals surface area contributed by atoms with Gasteiger partial charge in [0.1, 0.15) is 0 Å². The predicted molar refractivity (Wildman–Crippen MR) is 79.5 cm³/mol. The Morgan fingerprint density at radius 2 is 1.63 bits per heavy atom. The van der Waals surface area contributed by atoms with Gasteiger partial charge in [-0.1, -0.05) is 24.6 Å². The van der Waals surface area contributed by atoms with Gasteiger partial charge in [-0.15, -0.1) is 0 Å². The first-order chi connectivity index (χ1) is 9.40. The van der Waals surface area contributed by atoms with Gasteiger partial charge in [0.05, 0.1) is 0 Å². The number of fused-ring (bicyclic) bond motifs is 2. The fraction of sp³-hybridized carbons (Fsp3) is 0.647. The Labute approximate surface area is 116 Å². The molecule has 0 amide bonds. The van der Waals surface area contributed by atoms with E-state index in [1.807, 2.05) is 0 Å². The number of hydrogen-bond acceptors (Lipinski definition) is 2. The van der Waals surface area contributed by atoms with Crippen LogP contribution in [0.5, 0.6) is 0 Å². The third-order valence-corrected chi connectivity index (χ3v) is 5.61. The fourth-order valence-corrected chi connectivity index (χ4v) is 4.61. The summed E-state index contributed by atoms with van der Waals surface area (Å²) in [5, 5.41) is 0. The molecule has 1 aromatic carbocycles. The highest BCUT2D eigenvalue weighted by Gasteiger charge is 2.42. The minimum Gasteiger partial charge on any atom is -0.369 e. The maximum atomic E-state index is 2.79. The Bertz CT molecular complexity index is 422. The molecule has 4 rings (SSSR count). The molecule has 1 heterocycles. The lowest BCUT2D eigenvalue weighted by Gasteiger charge is -2.41. The molecular formula is C17H24N2. The van der Waals surface area contributed by atoms with Crippen molar-refractivity contribution < 1.29 is 0 Å². The molecule has 2 aliphatic carbocycles. The SMILES string of the molecule is c1ccc(N2CCN([C@H]3C[C@H]4CC[C@H]3C4)CC2)cc1. The number of nitrogens with zero attached hydrogens (tertiary/aromatic N) is 2. The van der Waals surface area contributed by atoms with Gasteiger partial charge in [-0.05, 0) is 43.2 Å². The average Bonchev–Trinajstić information content (AvgIpc) is 3.11. The van der Waals surface area contributed by atoms with Gasteiger partial charge < -0.3 is 4.90 Å². The van der Waals surface area contributed by atoms with Crippen LogP contribution in [-0.2, 0) is 0 Å². The van der Waals surface area contributed by atoms with Crippen LogP contribution in [0.4, 0.5) is 5.69 Å². The van der Waals surface area contributed by atoms with Crippen LogP contribution in [0.3, 0.4) is 0 Å². The molecule has 1 saturated heterocycles. The van der Waals surface area contributed by atoms with Crippen molar-refractivity contribution >= 4 is 5.69 Å². The van der Waals surface area contributed by atoms with Crippen molar-refractivity contribution in [2.75, 3.05) is 31.1 Å². The predicted octanol–water partition coefficient (Wildman–Crippen LogP) is 3.00. The van der Waals surface area contributed by atoms with Crippen LogP contribution in [0.25, 0.3) is 0 Å². The molecule has 0 aromatic heterocycles. The second-order valence-corrected chi connectivity index (χ2v) is 6.60. The van der Waals surface area contributed by atoms with E-state index < -0.39 is 0 Å². The zero-order valence-corrected chi connectivity index (χ0v) is 11.7. The van der Waals surface area contributed by atoms with E-state index in [9.17, 15) is 0 Å². The molecule has 1 aliphatic heterocycles. The third-order valence-electron chi connectivity index (χ3n) is 5.61. The topological polar surface area (TPSA) is 6.48 Å². The Kier molecular flexibility index (Phi) is 2.99. The van der Waals surface area contributed by atoms with Gasteiger partial charge in [-0.3, -0.25) is 4.90 Å². The van der Waals surface area contributed by atoms with Crippen molar-refractivity contribution in [2.45, 2.75) is 31.7 Å². The van der Waals surface area contributed by atoms with E-state index in [1.165, 1.54) is 57.5 Å². The Morgan fingerprint density at radius 1 is 0.842 bits per heavy atom. The Morgan fingerprint density at radius 3 is 2.26 bits per heavy atom. The maximum absolute atomic E-state index is 2.79. The zero-order valence-electron chi connectivity index (χ0n) is 11.7. The molecule has 2 nitrogen and oxygen atoms in total. The zero-order chi connectivity index (χ0) is 12.7. The van der Waals surface area contributed by atoms with Crippen molar-refractivity contribution in [3.8, 4) is 0 Å². The molecule has 102 valence electrons. The smallest absolute Gasteiger partial charge is 0.0367 e. The van der Waals surface area contributed by atoms with Crippen molar-refractivity contribution in [1.29, 1.82) is 0 Å². The van der Waals surface area contributed by atoms with Crippen molar-refractivity contribution in [2.24, 2.45) is 11.8 Å². The van der Waals surface area contributed by atoms with Crippen molar-refractivity contribution in [3.05, 3.63) is 30.3 Å². The van der Waals surface area contributed by atoms with Gasteiger partial charge in [0.2, 0.25) is 0 Å². The number of para-hydroxylation sites is 1. The molecule has 19 heavy (non-hydrogen) atoms. The fourth-order valence-electron chi connectivity index (χ4n) is 4.61. The lowest BCUT2D eigenvalue weighted by molar-refractivity contribution is 0.135. The molecule has 3 atom stereocenters. The van der Waals surface area contributed by atoms with Gasteiger partial charge in [-0.2, -0.15) is 0 Å². The second-order valence-electron chi connectivity index (χ2n) is 6.60. The Hall–Kier alpha value is -1.02. The molecular weight excluding hydrogens is 232 g/mol. The first-order valence-corrected chi connectivity index (χ1v) is 7.94. The normalized spacial score (nSPS) is 34.9. The lowest BCUT2D eigenvalue weighted by Crippen LogP contribution is -2.51. The van der Waals surface area contributed by atoms with Gasteiger partial charge >= 0.3 is 0 Å². The first kappa shape index (κ1) is 11.8.